The normalized spacial score (nSPS) is 21.9. The second-order valence-electron chi connectivity index (χ2n) is 3.47. The van der Waals surface area contributed by atoms with Crippen molar-refractivity contribution < 1.29 is 19.5 Å². The van der Waals surface area contributed by atoms with Gasteiger partial charge in [0.1, 0.15) is 12.1 Å². The number of rotatable bonds is 4. The molecule has 0 spiro atoms. The molecule has 1 rings (SSSR count). The predicted molar refractivity (Wildman–Crippen MR) is 51.0 cm³/mol. The Morgan fingerprint density at radius 2 is 2.33 bits per heavy atom. The molecule has 0 aromatic rings. The van der Waals surface area contributed by atoms with Gasteiger partial charge in [-0.15, -0.1) is 0 Å². The topological polar surface area (TPSA) is 95.5 Å². The molecule has 0 saturated carbocycles. The highest BCUT2D eigenvalue weighted by molar-refractivity contribution is 5.92. The average Bonchev–Trinajstić information content (AvgIpc) is 2.60. The summed E-state index contributed by atoms with van der Waals surface area (Å²) in [5.74, 6) is -1.65. The van der Waals surface area contributed by atoms with Crippen LogP contribution in [0, 0.1) is 0 Å². The molecule has 0 aromatic heterocycles. The molecule has 2 atom stereocenters. The molecule has 0 aliphatic carbocycles. The van der Waals surface area contributed by atoms with Gasteiger partial charge < -0.3 is 15.7 Å². The number of nitrogens with one attached hydrogen (secondary N) is 2. The van der Waals surface area contributed by atoms with Gasteiger partial charge in [0.15, 0.2) is 0 Å². The summed E-state index contributed by atoms with van der Waals surface area (Å²) in [7, 11) is 0. The number of carboxylic acids is 1. The van der Waals surface area contributed by atoms with Crippen molar-refractivity contribution in [1.29, 1.82) is 0 Å². The summed E-state index contributed by atoms with van der Waals surface area (Å²) in [4.78, 5) is 33.0. The number of hydrogen-bond donors (Lipinski definition) is 3. The lowest BCUT2D eigenvalue weighted by Crippen LogP contribution is -2.48. The van der Waals surface area contributed by atoms with Crippen LogP contribution < -0.4 is 10.6 Å². The molecule has 1 aliphatic heterocycles. The Morgan fingerprint density at radius 3 is 2.73 bits per heavy atom. The lowest BCUT2D eigenvalue weighted by Gasteiger charge is -2.15. The Hall–Kier alpha value is -1.59. The molecule has 0 radical (unpaired) electrons. The highest BCUT2D eigenvalue weighted by atomic mass is 16.4. The van der Waals surface area contributed by atoms with E-state index in [1.54, 1.807) is 6.92 Å². The molecule has 0 aromatic carbocycles. The van der Waals surface area contributed by atoms with E-state index in [9.17, 15) is 14.4 Å². The second kappa shape index (κ2) is 4.77. The monoisotopic (exact) mass is 214 g/mol. The van der Waals surface area contributed by atoms with Crippen LogP contribution in [0.5, 0.6) is 0 Å². The first kappa shape index (κ1) is 11.5. The molecular weight excluding hydrogens is 200 g/mol. The second-order valence-corrected chi connectivity index (χ2v) is 3.47. The van der Waals surface area contributed by atoms with Gasteiger partial charge in [-0.05, 0) is 12.8 Å². The van der Waals surface area contributed by atoms with Crippen molar-refractivity contribution in [1.82, 2.24) is 10.6 Å². The third-order valence-corrected chi connectivity index (χ3v) is 2.33. The summed E-state index contributed by atoms with van der Waals surface area (Å²) in [5, 5.41) is 13.6. The summed E-state index contributed by atoms with van der Waals surface area (Å²) in [6.07, 6.45) is 1.07. The lowest BCUT2D eigenvalue weighted by molar-refractivity contribution is -0.142. The summed E-state index contributed by atoms with van der Waals surface area (Å²) >= 11 is 0. The Labute approximate surface area is 87.0 Å². The standard InChI is InChI=1S/C9H14N2O4/c1-2-5(9(14)15)11-8(13)6-3-4-7(12)10-6/h5-6H,2-4H2,1H3,(H,10,12)(H,11,13)(H,14,15)/t5?,6-/m1/s1. The van der Waals surface area contributed by atoms with E-state index >= 15 is 0 Å². The van der Waals surface area contributed by atoms with Gasteiger partial charge in [-0.1, -0.05) is 6.92 Å². The maximum Gasteiger partial charge on any atom is 0.326 e. The zero-order valence-corrected chi connectivity index (χ0v) is 8.45. The third-order valence-electron chi connectivity index (χ3n) is 2.33. The van der Waals surface area contributed by atoms with E-state index < -0.39 is 24.0 Å². The Balaban J connectivity index is 2.47. The smallest absolute Gasteiger partial charge is 0.326 e. The molecule has 6 nitrogen and oxygen atoms in total. The van der Waals surface area contributed by atoms with Crippen LogP contribution in [0.1, 0.15) is 26.2 Å². The van der Waals surface area contributed by atoms with E-state index in [1.807, 2.05) is 0 Å². The van der Waals surface area contributed by atoms with Gasteiger partial charge in [-0.25, -0.2) is 4.79 Å². The van der Waals surface area contributed by atoms with Crippen molar-refractivity contribution in [3.63, 3.8) is 0 Å². The molecule has 1 aliphatic rings. The highest BCUT2D eigenvalue weighted by Gasteiger charge is 2.29. The summed E-state index contributed by atoms with van der Waals surface area (Å²) < 4.78 is 0. The van der Waals surface area contributed by atoms with Crippen LogP contribution in [0.2, 0.25) is 0 Å². The van der Waals surface area contributed by atoms with Crippen LogP contribution in [0.25, 0.3) is 0 Å². The quantitative estimate of drug-likeness (QED) is 0.573. The maximum absolute atomic E-state index is 11.5. The highest BCUT2D eigenvalue weighted by Crippen LogP contribution is 2.06. The van der Waals surface area contributed by atoms with Gasteiger partial charge in [0.2, 0.25) is 11.8 Å². The van der Waals surface area contributed by atoms with Crippen molar-refractivity contribution in [2.45, 2.75) is 38.3 Å². The first-order valence-electron chi connectivity index (χ1n) is 4.87. The lowest BCUT2D eigenvalue weighted by atomic mass is 10.1. The fourth-order valence-electron chi connectivity index (χ4n) is 1.42. The first-order valence-corrected chi connectivity index (χ1v) is 4.87. The van der Waals surface area contributed by atoms with Crippen LogP contribution in [-0.4, -0.2) is 35.0 Å². The Bertz CT molecular complexity index is 290. The van der Waals surface area contributed by atoms with Crippen LogP contribution in [0.3, 0.4) is 0 Å². The van der Waals surface area contributed by atoms with Crippen molar-refractivity contribution in [3.05, 3.63) is 0 Å². The average molecular weight is 214 g/mol. The minimum Gasteiger partial charge on any atom is -0.480 e. The summed E-state index contributed by atoms with van der Waals surface area (Å²) in [5.41, 5.74) is 0. The zero-order valence-electron chi connectivity index (χ0n) is 8.45. The van der Waals surface area contributed by atoms with E-state index in [0.29, 0.717) is 19.3 Å². The molecule has 1 unspecified atom stereocenters. The minimum atomic E-state index is -1.06. The van der Waals surface area contributed by atoms with Gasteiger partial charge in [-0.2, -0.15) is 0 Å². The van der Waals surface area contributed by atoms with Crippen molar-refractivity contribution in [3.8, 4) is 0 Å². The number of hydrogen-bond acceptors (Lipinski definition) is 3. The number of aliphatic carboxylic acids is 1. The fourth-order valence-corrected chi connectivity index (χ4v) is 1.42. The van der Waals surface area contributed by atoms with E-state index in [0.717, 1.165) is 0 Å². The zero-order chi connectivity index (χ0) is 11.4. The van der Waals surface area contributed by atoms with E-state index in [-0.39, 0.29) is 5.91 Å². The van der Waals surface area contributed by atoms with Crippen molar-refractivity contribution in [2.24, 2.45) is 0 Å². The molecule has 15 heavy (non-hydrogen) atoms. The van der Waals surface area contributed by atoms with E-state index in [2.05, 4.69) is 10.6 Å². The predicted octanol–water partition coefficient (Wildman–Crippen LogP) is -0.756. The molecule has 3 N–H and O–H groups in total. The van der Waals surface area contributed by atoms with Crippen LogP contribution in [-0.2, 0) is 14.4 Å². The summed E-state index contributed by atoms with van der Waals surface area (Å²) in [6.45, 7) is 1.67. The molecule has 6 heteroatoms. The number of carbonyl (C=O) groups is 3. The van der Waals surface area contributed by atoms with E-state index in [1.165, 1.54) is 0 Å². The van der Waals surface area contributed by atoms with Gasteiger partial charge in [0, 0.05) is 6.42 Å². The minimum absolute atomic E-state index is 0.168. The maximum atomic E-state index is 11.5. The molecule has 2 amide bonds. The van der Waals surface area contributed by atoms with E-state index in [4.69, 9.17) is 5.11 Å². The fraction of sp³-hybridized carbons (Fsp3) is 0.667. The SMILES string of the molecule is CCC(NC(=O)[C@H]1CCC(=O)N1)C(=O)O. The Morgan fingerprint density at radius 1 is 1.67 bits per heavy atom. The largest absolute Gasteiger partial charge is 0.480 e. The molecule has 0 bridgehead atoms. The number of amides is 2. The van der Waals surface area contributed by atoms with Crippen LogP contribution in [0.15, 0.2) is 0 Å². The number of carboxylic acid groups (broad SMARTS) is 1. The molecule has 1 fully saturated rings. The van der Waals surface area contributed by atoms with Crippen molar-refractivity contribution in [2.75, 3.05) is 0 Å². The van der Waals surface area contributed by atoms with Gasteiger partial charge in [0.25, 0.3) is 0 Å². The van der Waals surface area contributed by atoms with Crippen molar-refractivity contribution >= 4 is 17.8 Å². The molecule has 1 heterocycles. The number of carbonyl (C=O) groups excluding carboxylic acids is 2. The van der Waals surface area contributed by atoms with Crippen LogP contribution >= 0.6 is 0 Å². The Kier molecular flexibility index (Phi) is 3.65. The van der Waals surface area contributed by atoms with Gasteiger partial charge >= 0.3 is 5.97 Å². The summed E-state index contributed by atoms with van der Waals surface area (Å²) in [6, 6.07) is -1.46. The van der Waals surface area contributed by atoms with Gasteiger partial charge in [0.05, 0.1) is 0 Å². The molecule has 1 saturated heterocycles. The molecule has 84 valence electrons. The van der Waals surface area contributed by atoms with Crippen LogP contribution in [0.4, 0.5) is 0 Å². The third kappa shape index (κ3) is 2.93. The molecular formula is C9H14N2O4. The van der Waals surface area contributed by atoms with Gasteiger partial charge in [-0.3, -0.25) is 9.59 Å². The first-order chi connectivity index (χ1) is 7.04.